The lowest BCUT2D eigenvalue weighted by Crippen LogP contribution is -2.27. The van der Waals surface area contributed by atoms with Gasteiger partial charge in [0, 0.05) is 6.04 Å². The van der Waals surface area contributed by atoms with Gasteiger partial charge >= 0.3 is 5.97 Å². The minimum atomic E-state index is -0.523. The van der Waals surface area contributed by atoms with Crippen molar-refractivity contribution in [3.63, 3.8) is 0 Å². The number of carbonyl (C=O) groups excluding carboxylic acids is 2. The van der Waals surface area contributed by atoms with Crippen LogP contribution in [0.5, 0.6) is 0 Å². The molecule has 1 heterocycles. The second-order valence-electron chi connectivity index (χ2n) is 3.86. The smallest absolute Gasteiger partial charge is 0.358 e. The Balaban J connectivity index is 1.81. The Morgan fingerprint density at radius 2 is 2.22 bits per heavy atom. The van der Waals surface area contributed by atoms with E-state index in [2.05, 4.69) is 20.0 Å². The Kier molecular flexibility index (Phi) is 4.14. The number of hydrogen-bond donors (Lipinski definition) is 1. The Labute approximate surface area is 109 Å². The van der Waals surface area contributed by atoms with Crippen LogP contribution in [0.4, 0.5) is 0 Å². The number of aromatic nitrogens is 2. The van der Waals surface area contributed by atoms with Crippen LogP contribution in [0.3, 0.4) is 0 Å². The van der Waals surface area contributed by atoms with Crippen molar-refractivity contribution in [1.82, 2.24) is 15.3 Å². The highest BCUT2D eigenvalue weighted by Gasteiger charge is 2.23. The molecule has 0 bridgehead atoms. The molecule has 1 aromatic rings. The summed E-state index contributed by atoms with van der Waals surface area (Å²) in [5.74, 6) is -0.213. The van der Waals surface area contributed by atoms with Gasteiger partial charge in [-0.05, 0) is 12.8 Å². The Bertz CT molecular complexity index is 445. The largest absolute Gasteiger partial charge is 0.464 e. The van der Waals surface area contributed by atoms with E-state index >= 15 is 0 Å². The van der Waals surface area contributed by atoms with Gasteiger partial charge in [-0.25, -0.2) is 14.8 Å². The maximum absolute atomic E-state index is 11.4. The van der Waals surface area contributed by atoms with Crippen molar-refractivity contribution < 1.29 is 14.3 Å². The quantitative estimate of drug-likeness (QED) is 0.622. The molecule has 1 aliphatic carbocycles. The van der Waals surface area contributed by atoms with Crippen LogP contribution in [-0.4, -0.2) is 40.7 Å². The Morgan fingerprint density at radius 3 is 2.78 bits per heavy atom. The standard InChI is InChI=1S/C11H13N3O3S/c1-17-11(16)8-4-13-10(5-12-8)18-6-9(15)14-7-2-3-7/h4-5,7H,2-3,6H2,1H3,(H,14,15). The summed E-state index contributed by atoms with van der Waals surface area (Å²) in [6, 6.07) is 0.367. The second kappa shape index (κ2) is 5.81. The molecule has 1 N–H and O–H groups in total. The molecule has 6 nitrogen and oxygen atoms in total. The van der Waals surface area contributed by atoms with Crippen LogP contribution in [-0.2, 0) is 9.53 Å². The lowest BCUT2D eigenvalue weighted by Gasteiger charge is -2.03. The lowest BCUT2D eigenvalue weighted by molar-refractivity contribution is -0.118. The third-order valence-electron chi connectivity index (χ3n) is 2.32. The van der Waals surface area contributed by atoms with Gasteiger partial charge in [-0.1, -0.05) is 11.8 Å². The van der Waals surface area contributed by atoms with Gasteiger partial charge in [0.15, 0.2) is 5.69 Å². The zero-order valence-electron chi connectivity index (χ0n) is 9.88. The number of thioether (sulfide) groups is 1. The Morgan fingerprint density at radius 1 is 1.44 bits per heavy atom. The molecule has 0 aromatic carbocycles. The molecule has 18 heavy (non-hydrogen) atoms. The number of hydrogen-bond acceptors (Lipinski definition) is 6. The van der Waals surface area contributed by atoms with Crippen molar-refractivity contribution in [2.75, 3.05) is 12.9 Å². The number of nitrogens with one attached hydrogen (secondary N) is 1. The maximum Gasteiger partial charge on any atom is 0.358 e. The van der Waals surface area contributed by atoms with Crippen molar-refractivity contribution >= 4 is 23.6 Å². The van der Waals surface area contributed by atoms with Crippen molar-refractivity contribution in [3.8, 4) is 0 Å². The summed E-state index contributed by atoms with van der Waals surface area (Å²) in [6.07, 6.45) is 4.95. The molecule has 1 saturated carbocycles. The van der Waals surface area contributed by atoms with Gasteiger partial charge < -0.3 is 10.1 Å². The van der Waals surface area contributed by atoms with Gasteiger partial charge in [0.2, 0.25) is 5.91 Å². The normalized spacial score (nSPS) is 14.1. The van der Waals surface area contributed by atoms with Crippen LogP contribution in [0, 0.1) is 0 Å². The number of carbonyl (C=O) groups is 2. The van der Waals surface area contributed by atoms with Gasteiger partial charge in [0.05, 0.1) is 25.3 Å². The predicted octanol–water partition coefficient (Wildman–Crippen LogP) is 0.634. The van der Waals surface area contributed by atoms with Crippen molar-refractivity contribution in [2.24, 2.45) is 0 Å². The zero-order chi connectivity index (χ0) is 13.0. The van der Waals surface area contributed by atoms with E-state index in [0.717, 1.165) is 12.8 Å². The van der Waals surface area contributed by atoms with E-state index in [0.29, 0.717) is 16.8 Å². The van der Waals surface area contributed by atoms with E-state index in [-0.39, 0.29) is 11.6 Å². The van der Waals surface area contributed by atoms with Crippen LogP contribution < -0.4 is 5.32 Å². The average Bonchev–Trinajstić information content (AvgIpc) is 3.20. The minimum Gasteiger partial charge on any atom is -0.464 e. The summed E-state index contributed by atoms with van der Waals surface area (Å²) >= 11 is 1.29. The first-order chi connectivity index (χ1) is 8.69. The first-order valence-electron chi connectivity index (χ1n) is 5.51. The summed E-state index contributed by atoms with van der Waals surface area (Å²) in [7, 11) is 1.29. The molecular formula is C11H13N3O3S. The van der Waals surface area contributed by atoms with Crippen molar-refractivity contribution in [1.29, 1.82) is 0 Å². The number of rotatable bonds is 5. The number of nitrogens with zero attached hydrogens (tertiary/aromatic N) is 2. The second-order valence-corrected chi connectivity index (χ2v) is 4.86. The van der Waals surface area contributed by atoms with Crippen LogP contribution in [0.25, 0.3) is 0 Å². The zero-order valence-corrected chi connectivity index (χ0v) is 10.7. The topological polar surface area (TPSA) is 81.2 Å². The number of methoxy groups -OCH3 is 1. The molecule has 0 radical (unpaired) electrons. The van der Waals surface area contributed by atoms with E-state index in [9.17, 15) is 9.59 Å². The average molecular weight is 267 g/mol. The Hall–Kier alpha value is -1.63. The minimum absolute atomic E-state index is 0.00124. The molecule has 7 heteroatoms. The van der Waals surface area contributed by atoms with E-state index in [1.807, 2.05) is 0 Å². The number of amides is 1. The molecular weight excluding hydrogens is 254 g/mol. The summed E-state index contributed by atoms with van der Waals surface area (Å²) in [5.41, 5.74) is 0.157. The van der Waals surface area contributed by atoms with E-state index < -0.39 is 5.97 Å². The van der Waals surface area contributed by atoms with Crippen LogP contribution in [0.15, 0.2) is 17.4 Å². The predicted molar refractivity (Wildman–Crippen MR) is 65.3 cm³/mol. The first-order valence-corrected chi connectivity index (χ1v) is 6.50. The highest BCUT2D eigenvalue weighted by atomic mass is 32.2. The fourth-order valence-corrected chi connectivity index (χ4v) is 1.85. The SMILES string of the molecule is COC(=O)c1cnc(SCC(=O)NC2CC2)cn1. The van der Waals surface area contributed by atoms with Crippen LogP contribution in [0.1, 0.15) is 23.3 Å². The van der Waals surface area contributed by atoms with Crippen LogP contribution >= 0.6 is 11.8 Å². The van der Waals surface area contributed by atoms with Gasteiger partial charge in [0.1, 0.15) is 5.03 Å². The highest BCUT2D eigenvalue weighted by Crippen LogP contribution is 2.19. The van der Waals surface area contributed by atoms with Gasteiger partial charge in [-0.2, -0.15) is 0 Å². The maximum atomic E-state index is 11.4. The molecule has 1 aromatic heterocycles. The molecule has 0 unspecified atom stereocenters. The number of esters is 1. The van der Waals surface area contributed by atoms with Crippen molar-refractivity contribution in [2.45, 2.75) is 23.9 Å². The molecule has 0 aliphatic heterocycles. The van der Waals surface area contributed by atoms with Gasteiger partial charge in [0.25, 0.3) is 0 Å². The molecule has 0 atom stereocenters. The molecule has 2 rings (SSSR count). The van der Waals surface area contributed by atoms with Crippen molar-refractivity contribution in [3.05, 3.63) is 18.1 Å². The highest BCUT2D eigenvalue weighted by molar-refractivity contribution is 7.99. The van der Waals surface area contributed by atoms with E-state index in [1.54, 1.807) is 0 Å². The molecule has 1 amide bonds. The van der Waals surface area contributed by atoms with E-state index in [1.165, 1.54) is 31.3 Å². The molecule has 1 fully saturated rings. The first kappa shape index (κ1) is 12.8. The molecule has 0 saturated heterocycles. The summed E-state index contributed by atoms with van der Waals surface area (Å²) in [6.45, 7) is 0. The summed E-state index contributed by atoms with van der Waals surface area (Å²) in [4.78, 5) is 30.5. The third kappa shape index (κ3) is 3.69. The fourth-order valence-electron chi connectivity index (χ4n) is 1.24. The molecule has 1 aliphatic rings. The summed E-state index contributed by atoms with van der Waals surface area (Å²) in [5, 5.41) is 3.49. The fraction of sp³-hybridized carbons (Fsp3) is 0.455. The third-order valence-corrected chi connectivity index (χ3v) is 3.23. The molecule has 0 spiro atoms. The lowest BCUT2D eigenvalue weighted by atomic mass is 10.5. The monoisotopic (exact) mass is 267 g/mol. The van der Waals surface area contributed by atoms with E-state index in [4.69, 9.17) is 0 Å². The molecule has 96 valence electrons. The van der Waals surface area contributed by atoms with Gasteiger partial charge in [-0.3, -0.25) is 4.79 Å². The van der Waals surface area contributed by atoms with Crippen LogP contribution in [0.2, 0.25) is 0 Å². The van der Waals surface area contributed by atoms with Gasteiger partial charge in [-0.15, -0.1) is 0 Å². The number of ether oxygens (including phenoxy) is 1. The summed E-state index contributed by atoms with van der Waals surface area (Å²) < 4.78 is 4.51.